The fraction of sp³-hybridized carbons (Fsp3) is 0.625. The summed E-state index contributed by atoms with van der Waals surface area (Å²) in [6.45, 7) is 2.12. The summed E-state index contributed by atoms with van der Waals surface area (Å²) in [5, 5.41) is 0.129. The van der Waals surface area contributed by atoms with Crippen LogP contribution in [0.15, 0.2) is 24.3 Å². The molecule has 0 spiro atoms. The standard InChI is InChI=1S/C16H23ClO2/c1-18-11-12-19-10-9-14-7-4-6-13-5-2-3-8-15(13)16(14)17/h2-3,5,8,14,16H,4,6-7,9-12H2,1H3. The van der Waals surface area contributed by atoms with E-state index in [4.69, 9.17) is 21.1 Å². The number of hydrogen-bond acceptors (Lipinski definition) is 2. The van der Waals surface area contributed by atoms with E-state index in [1.807, 2.05) is 0 Å². The van der Waals surface area contributed by atoms with Crippen LogP contribution in [0.5, 0.6) is 0 Å². The molecule has 0 saturated heterocycles. The van der Waals surface area contributed by atoms with Gasteiger partial charge in [-0.2, -0.15) is 0 Å². The minimum absolute atomic E-state index is 0.129. The van der Waals surface area contributed by atoms with Crippen LogP contribution >= 0.6 is 11.6 Å². The van der Waals surface area contributed by atoms with Gasteiger partial charge in [-0.25, -0.2) is 0 Å². The van der Waals surface area contributed by atoms with Crippen LogP contribution in [0.3, 0.4) is 0 Å². The maximum Gasteiger partial charge on any atom is 0.0700 e. The zero-order valence-corrected chi connectivity index (χ0v) is 12.4. The Hall–Kier alpha value is -0.570. The Labute approximate surface area is 121 Å². The number of aryl methyl sites for hydroxylation is 1. The highest BCUT2D eigenvalue weighted by Crippen LogP contribution is 2.39. The highest BCUT2D eigenvalue weighted by atomic mass is 35.5. The maximum absolute atomic E-state index is 6.68. The van der Waals surface area contributed by atoms with Crippen LogP contribution in [0.4, 0.5) is 0 Å². The van der Waals surface area contributed by atoms with E-state index in [0.29, 0.717) is 19.1 Å². The van der Waals surface area contributed by atoms with Crippen LogP contribution < -0.4 is 0 Å². The van der Waals surface area contributed by atoms with Gasteiger partial charge in [-0.05, 0) is 42.7 Å². The van der Waals surface area contributed by atoms with Gasteiger partial charge in [0.05, 0.1) is 18.6 Å². The van der Waals surface area contributed by atoms with E-state index in [9.17, 15) is 0 Å². The van der Waals surface area contributed by atoms with Crippen molar-refractivity contribution in [2.24, 2.45) is 5.92 Å². The lowest BCUT2D eigenvalue weighted by atomic mass is 9.93. The van der Waals surface area contributed by atoms with Crippen molar-refractivity contribution in [1.29, 1.82) is 0 Å². The molecule has 0 fully saturated rings. The van der Waals surface area contributed by atoms with Crippen molar-refractivity contribution in [2.45, 2.75) is 31.1 Å². The average Bonchev–Trinajstić information content (AvgIpc) is 2.59. The van der Waals surface area contributed by atoms with E-state index >= 15 is 0 Å². The number of ether oxygens (including phenoxy) is 2. The summed E-state index contributed by atoms with van der Waals surface area (Å²) in [7, 11) is 1.69. The van der Waals surface area contributed by atoms with Gasteiger partial charge in [0.2, 0.25) is 0 Å². The lowest BCUT2D eigenvalue weighted by Gasteiger charge is -2.21. The van der Waals surface area contributed by atoms with Gasteiger partial charge in [0.15, 0.2) is 0 Å². The topological polar surface area (TPSA) is 18.5 Å². The predicted molar refractivity (Wildman–Crippen MR) is 78.8 cm³/mol. The zero-order valence-electron chi connectivity index (χ0n) is 11.6. The molecule has 2 nitrogen and oxygen atoms in total. The lowest BCUT2D eigenvalue weighted by Crippen LogP contribution is -2.12. The Morgan fingerprint density at radius 1 is 1.21 bits per heavy atom. The quantitative estimate of drug-likeness (QED) is 0.446. The largest absolute Gasteiger partial charge is 0.382 e. The average molecular weight is 283 g/mol. The van der Waals surface area contributed by atoms with Crippen molar-refractivity contribution in [3.8, 4) is 0 Å². The second-order valence-electron chi connectivity index (χ2n) is 5.15. The summed E-state index contributed by atoms with van der Waals surface area (Å²) in [6, 6.07) is 8.58. The number of rotatable bonds is 6. The number of hydrogen-bond donors (Lipinski definition) is 0. The SMILES string of the molecule is COCCOCCC1CCCc2ccccc2C1Cl. The first-order valence-corrected chi connectivity index (χ1v) is 7.55. The summed E-state index contributed by atoms with van der Waals surface area (Å²) in [5.74, 6) is 0.521. The molecule has 2 rings (SSSR count). The first kappa shape index (κ1) is 14.8. The molecular formula is C16H23ClO2. The van der Waals surface area contributed by atoms with Crippen molar-refractivity contribution < 1.29 is 9.47 Å². The van der Waals surface area contributed by atoms with E-state index < -0.39 is 0 Å². The molecule has 0 aliphatic heterocycles. The number of alkyl halides is 1. The van der Waals surface area contributed by atoms with Gasteiger partial charge in [0, 0.05) is 13.7 Å². The Kier molecular flexibility index (Phi) is 6.15. The van der Waals surface area contributed by atoms with Crippen LogP contribution in [-0.4, -0.2) is 26.9 Å². The van der Waals surface area contributed by atoms with Crippen molar-refractivity contribution in [2.75, 3.05) is 26.9 Å². The highest BCUT2D eigenvalue weighted by molar-refractivity contribution is 6.21. The van der Waals surface area contributed by atoms with Crippen LogP contribution in [0, 0.1) is 5.92 Å². The van der Waals surface area contributed by atoms with Crippen LogP contribution in [0.25, 0.3) is 0 Å². The first-order valence-electron chi connectivity index (χ1n) is 7.11. The van der Waals surface area contributed by atoms with E-state index in [1.54, 1.807) is 7.11 Å². The molecule has 0 bridgehead atoms. The Morgan fingerprint density at radius 2 is 2.05 bits per heavy atom. The molecule has 1 aromatic rings. The second kappa shape index (κ2) is 7.88. The van der Waals surface area contributed by atoms with Crippen LogP contribution in [0.2, 0.25) is 0 Å². The molecule has 2 unspecified atom stereocenters. The van der Waals surface area contributed by atoms with Gasteiger partial charge in [-0.3, -0.25) is 0 Å². The fourth-order valence-electron chi connectivity index (χ4n) is 2.76. The van der Waals surface area contributed by atoms with Gasteiger partial charge in [0.1, 0.15) is 0 Å². The van der Waals surface area contributed by atoms with Gasteiger partial charge in [0.25, 0.3) is 0 Å². The predicted octanol–water partition coefficient (Wildman–Crippen LogP) is 3.97. The van der Waals surface area contributed by atoms with Crippen molar-refractivity contribution >= 4 is 11.6 Å². The van der Waals surface area contributed by atoms with E-state index in [1.165, 1.54) is 24.0 Å². The van der Waals surface area contributed by atoms with Gasteiger partial charge in [-0.1, -0.05) is 24.3 Å². The van der Waals surface area contributed by atoms with E-state index in [-0.39, 0.29) is 5.38 Å². The molecule has 0 amide bonds. The summed E-state index contributed by atoms with van der Waals surface area (Å²) in [6.07, 6.45) is 4.60. The van der Waals surface area contributed by atoms with Gasteiger partial charge < -0.3 is 9.47 Å². The molecule has 0 N–H and O–H groups in total. The molecule has 0 aromatic heterocycles. The molecule has 19 heavy (non-hydrogen) atoms. The molecule has 1 aromatic carbocycles. The highest BCUT2D eigenvalue weighted by Gasteiger charge is 2.25. The third-order valence-corrected chi connectivity index (χ3v) is 4.44. The smallest absolute Gasteiger partial charge is 0.0700 e. The molecule has 3 heteroatoms. The van der Waals surface area contributed by atoms with Crippen molar-refractivity contribution in [3.05, 3.63) is 35.4 Å². The summed E-state index contributed by atoms with van der Waals surface area (Å²) >= 11 is 6.68. The minimum Gasteiger partial charge on any atom is -0.382 e. The number of halogens is 1. The molecule has 106 valence electrons. The van der Waals surface area contributed by atoms with E-state index in [2.05, 4.69) is 24.3 Å². The van der Waals surface area contributed by atoms with E-state index in [0.717, 1.165) is 19.4 Å². The Bertz CT molecular complexity index is 381. The Balaban J connectivity index is 1.88. The lowest BCUT2D eigenvalue weighted by molar-refractivity contribution is 0.0629. The summed E-state index contributed by atoms with van der Waals surface area (Å²) in [5.41, 5.74) is 2.74. The number of methoxy groups -OCH3 is 1. The summed E-state index contributed by atoms with van der Waals surface area (Å²) in [4.78, 5) is 0. The molecule has 1 aliphatic carbocycles. The molecule has 0 saturated carbocycles. The van der Waals surface area contributed by atoms with Crippen molar-refractivity contribution in [3.63, 3.8) is 0 Å². The molecule has 0 radical (unpaired) electrons. The van der Waals surface area contributed by atoms with Crippen molar-refractivity contribution in [1.82, 2.24) is 0 Å². The normalized spacial score (nSPS) is 22.8. The maximum atomic E-state index is 6.68. The molecule has 2 atom stereocenters. The summed E-state index contributed by atoms with van der Waals surface area (Å²) < 4.78 is 10.5. The molecule has 1 aliphatic rings. The second-order valence-corrected chi connectivity index (χ2v) is 5.62. The third-order valence-electron chi connectivity index (χ3n) is 3.85. The number of benzene rings is 1. The molecular weight excluding hydrogens is 260 g/mol. The Morgan fingerprint density at radius 3 is 2.89 bits per heavy atom. The minimum atomic E-state index is 0.129. The number of fused-ring (bicyclic) bond motifs is 1. The zero-order chi connectivity index (χ0) is 13.5. The van der Waals surface area contributed by atoms with Gasteiger partial charge in [-0.15, -0.1) is 11.6 Å². The molecule has 0 heterocycles. The van der Waals surface area contributed by atoms with Crippen LogP contribution in [0.1, 0.15) is 35.8 Å². The first-order chi connectivity index (χ1) is 9.33. The third kappa shape index (κ3) is 4.20. The van der Waals surface area contributed by atoms with Crippen LogP contribution in [-0.2, 0) is 15.9 Å². The van der Waals surface area contributed by atoms with Gasteiger partial charge >= 0.3 is 0 Å². The fourth-order valence-corrected chi connectivity index (χ4v) is 3.22. The monoisotopic (exact) mass is 282 g/mol.